The zero-order valence-corrected chi connectivity index (χ0v) is 11.3. The van der Waals surface area contributed by atoms with Gasteiger partial charge < -0.3 is 9.47 Å². The SMILES string of the molecule is COC[C@@H]1C[C@@H](OC)CN1S(=O)(=O)CC1CC1. The molecule has 1 aliphatic heterocycles. The fraction of sp³-hybridized carbons (Fsp3) is 1.00. The summed E-state index contributed by atoms with van der Waals surface area (Å²) in [4.78, 5) is 0. The Morgan fingerprint density at radius 2 is 2.00 bits per heavy atom. The van der Waals surface area contributed by atoms with E-state index in [-0.39, 0.29) is 12.1 Å². The van der Waals surface area contributed by atoms with E-state index in [9.17, 15) is 8.42 Å². The van der Waals surface area contributed by atoms with E-state index in [2.05, 4.69) is 0 Å². The van der Waals surface area contributed by atoms with Crippen LogP contribution in [0.5, 0.6) is 0 Å². The van der Waals surface area contributed by atoms with E-state index in [1.54, 1.807) is 18.5 Å². The molecule has 0 amide bonds. The van der Waals surface area contributed by atoms with Crippen LogP contribution in [-0.4, -0.2) is 58.0 Å². The van der Waals surface area contributed by atoms with Crippen molar-refractivity contribution < 1.29 is 17.9 Å². The van der Waals surface area contributed by atoms with Crippen LogP contribution >= 0.6 is 0 Å². The van der Waals surface area contributed by atoms with Crippen molar-refractivity contribution in [2.24, 2.45) is 5.92 Å². The highest BCUT2D eigenvalue weighted by Gasteiger charge is 2.41. The van der Waals surface area contributed by atoms with Gasteiger partial charge in [0, 0.05) is 20.8 Å². The van der Waals surface area contributed by atoms with E-state index in [0.29, 0.717) is 24.8 Å². The molecule has 2 fully saturated rings. The molecule has 0 spiro atoms. The van der Waals surface area contributed by atoms with E-state index in [0.717, 1.165) is 19.3 Å². The van der Waals surface area contributed by atoms with Crippen LogP contribution in [0.1, 0.15) is 19.3 Å². The van der Waals surface area contributed by atoms with Gasteiger partial charge in [-0.05, 0) is 25.2 Å². The third kappa shape index (κ3) is 3.19. The maximum Gasteiger partial charge on any atom is 0.214 e. The van der Waals surface area contributed by atoms with Gasteiger partial charge in [-0.2, -0.15) is 4.31 Å². The molecule has 0 aromatic heterocycles. The first kappa shape index (κ1) is 13.3. The summed E-state index contributed by atoms with van der Waals surface area (Å²) < 4.78 is 36.5. The van der Waals surface area contributed by atoms with Crippen molar-refractivity contribution in [2.75, 3.05) is 33.1 Å². The Kier molecular flexibility index (Phi) is 4.07. The summed E-state index contributed by atoms with van der Waals surface area (Å²) >= 11 is 0. The van der Waals surface area contributed by atoms with Crippen LogP contribution in [0, 0.1) is 5.92 Å². The van der Waals surface area contributed by atoms with Crippen molar-refractivity contribution >= 4 is 10.0 Å². The highest BCUT2D eigenvalue weighted by molar-refractivity contribution is 7.89. The summed E-state index contributed by atoms with van der Waals surface area (Å²) in [5.74, 6) is 0.675. The minimum absolute atomic E-state index is 0.00382. The summed E-state index contributed by atoms with van der Waals surface area (Å²) in [6, 6.07) is -0.0614. The molecule has 1 heterocycles. The summed E-state index contributed by atoms with van der Waals surface area (Å²) in [5.41, 5.74) is 0. The highest BCUT2D eigenvalue weighted by atomic mass is 32.2. The third-order valence-corrected chi connectivity index (χ3v) is 5.57. The number of hydrogen-bond donors (Lipinski definition) is 0. The molecule has 0 N–H and O–H groups in total. The normalized spacial score (nSPS) is 30.9. The number of methoxy groups -OCH3 is 2. The van der Waals surface area contributed by atoms with Crippen LogP contribution in [0.15, 0.2) is 0 Å². The topological polar surface area (TPSA) is 55.8 Å². The standard InChI is InChI=1S/C11H21NO4S/c1-15-7-10-5-11(16-2)6-12(10)17(13,14)8-9-3-4-9/h9-11H,3-8H2,1-2H3/t10-,11+/m0/s1. The maximum atomic E-state index is 12.2. The quantitative estimate of drug-likeness (QED) is 0.698. The van der Waals surface area contributed by atoms with Gasteiger partial charge in [0.15, 0.2) is 0 Å². The van der Waals surface area contributed by atoms with Crippen LogP contribution in [0.3, 0.4) is 0 Å². The summed E-state index contributed by atoms with van der Waals surface area (Å²) in [6.07, 6.45) is 2.84. The smallest absolute Gasteiger partial charge is 0.214 e. The predicted octanol–water partition coefficient (Wildman–Crippen LogP) is 0.462. The molecule has 1 saturated carbocycles. The van der Waals surface area contributed by atoms with Crippen molar-refractivity contribution in [3.05, 3.63) is 0 Å². The fourth-order valence-electron chi connectivity index (χ4n) is 2.38. The van der Waals surface area contributed by atoms with Crippen molar-refractivity contribution in [1.82, 2.24) is 4.31 Å². The third-order valence-electron chi connectivity index (χ3n) is 3.52. The van der Waals surface area contributed by atoms with E-state index in [4.69, 9.17) is 9.47 Å². The average Bonchev–Trinajstić information content (AvgIpc) is 2.96. The molecule has 2 rings (SSSR count). The highest BCUT2D eigenvalue weighted by Crippen LogP contribution is 2.33. The maximum absolute atomic E-state index is 12.2. The minimum Gasteiger partial charge on any atom is -0.383 e. The van der Waals surface area contributed by atoms with Crippen molar-refractivity contribution in [2.45, 2.75) is 31.4 Å². The van der Waals surface area contributed by atoms with E-state index in [1.807, 2.05) is 0 Å². The molecule has 5 nitrogen and oxygen atoms in total. The second-order valence-corrected chi connectivity index (χ2v) is 6.96. The van der Waals surface area contributed by atoms with Crippen molar-refractivity contribution in [3.63, 3.8) is 0 Å². The molecule has 2 atom stereocenters. The average molecular weight is 263 g/mol. The van der Waals surface area contributed by atoms with Gasteiger partial charge in [-0.15, -0.1) is 0 Å². The Morgan fingerprint density at radius 1 is 1.29 bits per heavy atom. The van der Waals surface area contributed by atoms with Crippen molar-refractivity contribution in [3.8, 4) is 0 Å². The van der Waals surface area contributed by atoms with Gasteiger partial charge in [-0.1, -0.05) is 0 Å². The number of rotatable bonds is 6. The van der Waals surface area contributed by atoms with E-state index < -0.39 is 10.0 Å². The summed E-state index contributed by atoms with van der Waals surface area (Å²) in [5, 5.41) is 0. The Labute approximate surface area is 103 Å². The van der Waals surface area contributed by atoms with Gasteiger partial charge in [0.1, 0.15) is 0 Å². The molecule has 0 aromatic carbocycles. The molecule has 17 heavy (non-hydrogen) atoms. The van der Waals surface area contributed by atoms with Crippen molar-refractivity contribution in [1.29, 1.82) is 0 Å². The number of nitrogens with zero attached hydrogens (tertiary/aromatic N) is 1. The second kappa shape index (κ2) is 5.22. The molecule has 1 aliphatic carbocycles. The number of ether oxygens (including phenoxy) is 2. The lowest BCUT2D eigenvalue weighted by Crippen LogP contribution is -2.40. The van der Waals surface area contributed by atoms with E-state index >= 15 is 0 Å². The largest absolute Gasteiger partial charge is 0.383 e. The Balaban J connectivity index is 2.05. The molecule has 0 unspecified atom stereocenters. The molecular weight excluding hydrogens is 242 g/mol. The summed E-state index contributed by atoms with van der Waals surface area (Å²) in [6.45, 7) is 0.920. The molecule has 0 aromatic rings. The van der Waals surface area contributed by atoms with Gasteiger partial charge in [-0.25, -0.2) is 8.42 Å². The molecule has 1 saturated heterocycles. The second-order valence-electron chi connectivity index (χ2n) is 4.99. The Morgan fingerprint density at radius 3 is 2.53 bits per heavy atom. The van der Waals surface area contributed by atoms with Gasteiger partial charge in [-0.3, -0.25) is 0 Å². The number of hydrogen-bond acceptors (Lipinski definition) is 4. The Bertz CT molecular complexity index is 352. The van der Waals surface area contributed by atoms with Crippen LogP contribution < -0.4 is 0 Å². The first-order valence-corrected chi connectivity index (χ1v) is 7.69. The minimum atomic E-state index is -3.14. The summed E-state index contributed by atoms with van der Waals surface area (Å²) in [7, 11) is 0.0957. The zero-order chi connectivity index (χ0) is 12.5. The lowest BCUT2D eigenvalue weighted by atomic mass is 10.2. The Hall–Kier alpha value is -0.170. The number of sulfonamides is 1. The van der Waals surface area contributed by atoms with Gasteiger partial charge in [0.05, 0.1) is 24.5 Å². The van der Waals surface area contributed by atoms with Crippen LogP contribution in [0.2, 0.25) is 0 Å². The first-order chi connectivity index (χ1) is 8.06. The van der Waals surface area contributed by atoms with Gasteiger partial charge in [0.25, 0.3) is 0 Å². The molecule has 0 bridgehead atoms. The van der Waals surface area contributed by atoms with Crippen LogP contribution in [0.25, 0.3) is 0 Å². The molecule has 100 valence electrons. The van der Waals surface area contributed by atoms with Crippen LogP contribution in [-0.2, 0) is 19.5 Å². The molecule has 2 aliphatic rings. The lowest BCUT2D eigenvalue weighted by molar-refractivity contribution is 0.110. The monoisotopic (exact) mass is 263 g/mol. The van der Waals surface area contributed by atoms with Gasteiger partial charge in [0.2, 0.25) is 10.0 Å². The molecular formula is C11H21NO4S. The zero-order valence-electron chi connectivity index (χ0n) is 10.5. The lowest BCUT2D eigenvalue weighted by Gasteiger charge is -2.23. The predicted molar refractivity (Wildman–Crippen MR) is 64.3 cm³/mol. The first-order valence-electron chi connectivity index (χ1n) is 6.08. The molecule has 0 radical (unpaired) electrons. The van der Waals surface area contributed by atoms with Gasteiger partial charge >= 0.3 is 0 Å². The van der Waals surface area contributed by atoms with Crippen LogP contribution in [0.4, 0.5) is 0 Å². The molecule has 6 heteroatoms. The van der Waals surface area contributed by atoms with E-state index in [1.165, 1.54) is 0 Å². The fourth-order valence-corrected chi connectivity index (χ4v) is 4.49.